The maximum Gasteiger partial charge on any atom is 0.336 e. The monoisotopic (exact) mass is 264 g/mol. The molecule has 0 bridgehead atoms. The van der Waals surface area contributed by atoms with Gasteiger partial charge in [0.15, 0.2) is 0 Å². The average molecular weight is 264 g/mol. The zero-order chi connectivity index (χ0) is 13.1. The first-order chi connectivity index (χ1) is 8.60. The van der Waals surface area contributed by atoms with Crippen molar-refractivity contribution in [2.45, 2.75) is 13.3 Å². The molecule has 2 rings (SSSR count). The van der Waals surface area contributed by atoms with Crippen molar-refractivity contribution in [1.82, 2.24) is 0 Å². The molecule has 4 nitrogen and oxygen atoms in total. The summed E-state index contributed by atoms with van der Waals surface area (Å²) in [5.74, 6) is 0.433. The third-order valence-electron chi connectivity index (χ3n) is 2.47. The quantitative estimate of drug-likeness (QED) is 0.400. The lowest BCUT2D eigenvalue weighted by Gasteiger charge is -2.05. The molecule has 0 aliphatic heterocycles. The Balaban J connectivity index is 2.38. The summed E-state index contributed by atoms with van der Waals surface area (Å²) in [5.41, 5.74) is 0.824. The van der Waals surface area contributed by atoms with Gasteiger partial charge in [0.1, 0.15) is 11.3 Å². The number of ether oxygens (including phenoxy) is 1. The highest BCUT2D eigenvalue weighted by Crippen LogP contribution is 2.22. The predicted molar refractivity (Wildman–Crippen MR) is 71.3 cm³/mol. The molecule has 1 aromatic carbocycles. The normalized spacial score (nSPS) is 10.6. The summed E-state index contributed by atoms with van der Waals surface area (Å²) in [7, 11) is 0. The van der Waals surface area contributed by atoms with Gasteiger partial charge in [0, 0.05) is 23.3 Å². The summed E-state index contributed by atoms with van der Waals surface area (Å²) in [4.78, 5) is 22.6. The van der Waals surface area contributed by atoms with Crippen LogP contribution in [0.2, 0.25) is 0 Å². The van der Waals surface area contributed by atoms with E-state index in [0.717, 1.165) is 10.9 Å². The van der Waals surface area contributed by atoms with Gasteiger partial charge in [-0.2, -0.15) is 12.6 Å². The average Bonchev–Trinajstić information content (AvgIpc) is 2.28. The summed E-state index contributed by atoms with van der Waals surface area (Å²) >= 11 is 3.95. The van der Waals surface area contributed by atoms with Crippen molar-refractivity contribution in [3.63, 3.8) is 0 Å². The van der Waals surface area contributed by atoms with Crippen LogP contribution in [0.3, 0.4) is 0 Å². The molecule has 0 aliphatic carbocycles. The number of fused-ring (bicyclic) bond motifs is 1. The lowest BCUT2D eigenvalue weighted by molar-refractivity contribution is -0.133. The van der Waals surface area contributed by atoms with Crippen molar-refractivity contribution >= 4 is 29.6 Å². The van der Waals surface area contributed by atoms with Crippen LogP contribution in [0.5, 0.6) is 5.75 Å². The largest absolute Gasteiger partial charge is 0.426 e. The van der Waals surface area contributed by atoms with E-state index in [1.165, 1.54) is 6.07 Å². The fraction of sp³-hybridized carbons (Fsp3) is 0.231. The molecule has 0 radical (unpaired) electrons. The maximum atomic E-state index is 11.3. The zero-order valence-corrected chi connectivity index (χ0v) is 10.7. The highest BCUT2D eigenvalue weighted by Gasteiger charge is 2.07. The Labute approximate surface area is 109 Å². The van der Waals surface area contributed by atoms with Crippen LogP contribution in [0.15, 0.2) is 33.5 Å². The van der Waals surface area contributed by atoms with Crippen LogP contribution >= 0.6 is 12.6 Å². The van der Waals surface area contributed by atoms with Crippen LogP contribution < -0.4 is 10.4 Å². The molecule has 0 N–H and O–H groups in total. The standard InChI is InChI=1S/C13H12O4S/c1-8-6-13(15)17-11-7-9(2-3-10(8)11)16-12(14)4-5-18/h2-3,6-7,18H,4-5H2,1H3. The van der Waals surface area contributed by atoms with Crippen LogP contribution in [0.4, 0.5) is 0 Å². The number of carbonyl (C=O) groups excluding carboxylic acids is 1. The van der Waals surface area contributed by atoms with Gasteiger partial charge in [-0.05, 0) is 24.6 Å². The van der Waals surface area contributed by atoms with Crippen molar-refractivity contribution in [2.75, 3.05) is 5.75 Å². The molecule has 0 fully saturated rings. The number of benzene rings is 1. The smallest absolute Gasteiger partial charge is 0.336 e. The Morgan fingerprint density at radius 1 is 1.39 bits per heavy atom. The van der Waals surface area contributed by atoms with Crippen LogP contribution in [0, 0.1) is 6.92 Å². The molecule has 0 atom stereocenters. The molecule has 1 heterocycles. The Morgan fingerprint density at radius 3 is 2.89 bits per heavy atom. The molecule has 18 heavy (non-hydrogen) atoms. The van der Waals surface area contributed by atoms with Crippen molar-refractivity contribution in [3.8, 4) is 5.75 Å². The first-order valence-electron chi connectivity index (χ1n) is 5.46. The highest BCUT2D eigenvalue weighted by atomic mass is 32.1. The SMILES string of the molecule is Cc1cc(=O)oc2cc(OC(=O)CCS)ccc12. The number of hydrogen-bond donors (Lipinski definition) is 1. The second kappa shape index (κ2) is 5.27. The number of carbonyl (C=O) groups is 1. The van der Waals surface area contributed by atoms with Crippen LogP contribution in [0.1, 0.15) is 12.0 Å². The number of thiol groups is 1. The van der Waals surface area contributed by atoms with E-state index in [1.807, 2.05) is 6.92 Å². The van der Waals surface area contributed by atoms with Crippen molar-refractivity contribution in [2.24, 2.45) is 0 Å². The van der Waals surface area contributed by atoms with E-state index in [9.17, 15) is 9.59 Å². The first kappa shape index (κ1) is 12.7. The number of aryl methyl sites for hydroxylation is 1. The van der Waals surface area contributed by atoms with Gasteiger partial charge in [-0.15, -0.1) is 0 Å². The third-order valence-corrected chi connectivity index (χ3v) is 2.69. The Morgan fingerprint density at radius 2 is 2.17 bits per heavy atom. The summed E-state index contributed by atoms with van der Waals surface area (Å²) in [6, 6.07) is 6.40. The number of hydrogen-bond acceptors (Lipinski definition) is 5. The molecular weight excluding hydrogens is 252 g/mol. The summed E-state index contributed by atoms with van der Waals surface area (Å²) in [6.07, 6.45) is 0.235. The minimum absolute atomic E-state index is 0.235. The van der Waals surface area contributed by atoms with E-state index in [2.05, 4.69) is 12.6 Å². The van der Waals surface area contributed by atoms with Gasteiger partial charge in [0.05, 0.1) is 6.42 Å². The van der Waals surface area contributed by atoms with Crippen LogP contribution in [0.25, 0.3) is 11.0 Å². The molecular formula is C13H12O4S. The minimum Gasteiger partial charge on any atom is -0.426 e. The summed E-state index contributed by atoms with van der Waals surface area (Å²) < 4.78 is 10.2. The van der Waals surface area contributed by atoms with E-state index in [4.69, 9.17) is 9.15 Å². The third kappa shape index (κ3) is 2.73. The van der Waals surface area contributed by atoms with Crippen LogP contribution in [-0.2, 0) is 4.79 Å². The van der Waals surface area contributed by atoms with Gasteiger partial charge in [-0.1, -0.05) is 0 Å². The van der Waals surface area contributed by atoms with Gasteiger partial charge in [0.2, 0.25) is 0 Å². The summed E-state index contributed by atoms with van der Waals surface area (Å²) in [6.45, 7) is 1.83. The Hall–Kier alpha value is -1.75. The van der Waals surface area contributed by atoms with Crippen LogP contribution in [-0.4, -0.2) is 11.7 Å². The zero-order valence-electron chi connectivity index (χ0n) is 9.80. The molecule has 1 aromatic heterocycles. The molecule has 0 aliphatic rings. The van der Waals surface area contributed by atoms with E-state index >= 15 is 0 Å². The van der Waals surface area contributed by atoms with Gasteiger partial charge in [-0.3, -0.25) is 4.79 Å². The van der Waals surface area contributed by atoms with Gasteiger partial charge >= 0.3 is 11.6 Å². The fourth-order valence-electron chi connectivity index (χ4n) is 1.64. The molecule has 0 unspecified atom stereocenters. The summed E-state index contributed by atoms with van der Waals surface area (Å²) in [5, 5.41) is 0.823. The molecule has 0 saturated heterocycles. The van der Waals surface area contributed by atoms with Crippen molar-refractivity contribution in [1.29, 1.82) is 0 Å². The van der Waals surface area contributed by atoms with Crippen molar-refractivity contribution < 1.29 is 13.9 Å². The number of esters is 1. The molecule has 2 aromatic rings. The van der Waals surface area contributed by atoms with Gasteiger partial charge in [0.25, 0.3) is 0 Å². The molecule has 0 saturated carbocycles. The second-order valence-electron chi connectivity index (χ2n) is 3.85. The second-order valence-corrected chi connectivity index (χ2v) is 4.30. The van der Waals surface area contributed by atoms with Gasteiger partial charge < -0.3 is 9.15 Å². The minimum atomic E-state index is -0.418. The Kier molecular flexibility index (Phi) is 3.72. The fourth-order valence-corrected chi connectivity index (χ4v) is 1.83. The lowest BCUT2D eigenvalue weighted by atomic mass is 10.1. The lowest BCUT2D eigenvalue weighted by Crippen LogP contribution is -2.08. The van der Waals surface area contributed by atoms with Gasteiger partial charge in [-0.25, -0.2) is 4.79 Å². The van der Waals surface area contributed by atoms with E-state index < -0.39 is 5.63 Å². The molecule has 0 spiro atoms. The van der Waals surface area contributed by atoms with E-state index in [-0.39, 0.29) is 12.4 Å². The topological polar surface area (TPSA) is 56.5 Å². The molecule has 94 valence electrons. The van der Waals surface area contributed by atoms with Crippen molar-refractivity contribution in [3.05, 3.63) is 40.2 Å². The van der Waals surface area contributed by atoms with E-state index in [1.54, 1.807) is 18.2 Å². The highest BCUT2D eigenvalue weighted by molar-refractivity contribution is 7.80. The predicted octanol–water partition coefficient (Wildman–Crippen LogP) is 2.33. The molecule has 0 amide bonds. The Bertz CT molecular complexity index is 645. The molecule has 5 heteroatoms. The first-order valence-corrected chi connectivity index (χ1v) is 6.09. The maximum absolute atomic E-state index is 11.3. The van der Waals surface area contributed by atoms with E-state index in [0.29, 0.717) is 17.1 Å². The number of rotatable bonds is 3.